The van der Waals surface area contributed by atoms with Gasteiger partial charge in [-0.2, -0.15) is 0 Å². The second-order valence-electron chi connectivity index (χ2n) is 3.64. The van der Waals surface area contributed by atoms with Crippen LogP contribution in [0.15, 0.2) is 0 Å². The van der Waals surface area contributed by atoms with Crippen LogP contribution in [0.2, 0.25) is 0 Å². The van der Waals surface area contributed by atoms with E-state index in [9.17, 15) is 9.59 Å². The Bertz CT molecular complexity index is 232. The van der Waals surface area contributed by atoms with Crippen molar-refractivity contribution in [3.05, 3.63) is 0 Å². The summed E-state index contributed by atoms with van der Waals surface area (Å²) in [5.74, 6) is -0.445. The Hall–Kier alpha value is -0.570. The van der Waals surface area contributed by atoms with Crippen LogP contribution < -0.4 is 0 Å². The Morgan fingerprint density at radius 2 is 1.86 bits per heavy atom. The summed E-state index contributed by atoms with van der Waals surface area (Å²) in [5.41, 5.74) is -1.05. The number of esters is 1. The third kappa shape index (κ3) is 2.08. The lowest BCUT2D eigenvalue weighted by atomic mass is 9.75. The molecule has 0 spiro atoms. The zero-order chi connectivity index (χ0) is 10.6. The molecule has 1 aliphatic rings. The van der Waals surface area contributed by atoms with Crippen molar-refractivity contribution in [2.45, 2.75) is 39.0 Å². The molecule has 1 rings (SSSR count). The topological polar surface area (TPSA) is 43.4 Å². The molecule has 0 aromatic rings. The highest BCUT2D eigenvalue weighted by Gasteiger charge is 2.46. The molecule has 14 heavy (non-hydrogen) atoms. The van der Waals surface area contributed by atoms with Crippen LogP contribution in [0.5, 0.6) is 0 Å². The van der Waals surface area contributed by atoms with Crippen molar-refractivity contribution >= 4 is 22.8 Å². The van der Waals surface area contributed by atoms with Gasteiger partial charge in [0.2, 0.25) is 5.24 Å². The third-order valence-electron chi connectivity index (χ3n) is 2.75. The van der Waals surface area contributed by atoms with Crippen LogP contribution in [0.3, 0.4) is 0 Å². The van der Waals surface area contributed by atoms with Gasteiger partial charge in [-0.1, -0.05) is 19.3 Å². The normalized spacial score (nSPS) is 20.1. The average Bonchev–Trinajstić information content (AvgIpc) is 2.19. The van der Waals surface area contributed by atoms with Crippen LogP contribution in [0.1, 0.15) is 39.0 Å². The van der Waals surface area contributed by atoms with Gasteiger partial charge in [0, 0.05) is 0 Å². The van der Waals surface area contributed by atoms with E-state index in [1.54, 1.807) is 6.92 Å². The first-order chi connectivity index (χ1) is 6.63. The van der Waals surface area contributed by atoms with Gasteiger partial charge in [0.15, 0.2) is 0 Å². The molecule has 0 heterocycles. The number of hydrogen-bond acceptors (Lipinski definition) is 3. The average molecular weight is 219 g/mol. The Kier molecular flexibility index (Phi) is 3.93. The zero-order valence-corrected chi connectivity index (χ0v) is 9.10. The fourth-order valence-corrected chi connectivity index (χ4v) is 2.17. The van der Waals surface area contributed by atoms with Crippen LogP contribution in [0, 0.1) is 5.41 Å². The molecule has 3 nitrogen and oxygen atoms in total. The SMILES string of the molecule is CCOC(=O)C1(C(=O)Cl)CCCCC1. The number of carbonyl (C=O) groups excluding carboxylic acids is 2. The fourth-order valence-electron chi connectivity index (χ4n) is 1.91. The number of carbonyl (C=O) groups is 2. The summed E-state index contributed by atoms with van der Waals surface area (Å²) in [5, 5.41) is -0.560. The van der Waals surface area contributed by atoms with E-state index in [0.29, 0.717) is 19.4 Å². The molecule has 0 bridgehead atoms. The molecule has 0 atom stereocenters. The molecule has 4 heteroatoms. The number of rotatable bonds is 3. The van der Waals surface area contributed by atoms with E-state index in [0.717, 1.165) is 19.3 Å². The van der Waals surface area contributed by atoms with Crippen molar-refractivity contribution in [1.82, 2.24) is 0 Å². The summed E-state index contributed by atoms with van der Waals surface area (Å²) < 4.78 is 4.90. The van der Waals surface area contributed by atoms with Gasteiger partial charge >= 0.3 is 5.97 Å². The first-order valence-corrected chi connectivity index (χ1v) is 5.38. The lowest BCUT2D eigenvalue weighted by Crippen LogP contribution is -2.40. The van der Waals surface area contributed by atoms with Crippen molar-refractivity contribution in [3.8, 4) is 0 Å². The molecule has 1 saturated carbocycles. The van der Waals surface area contributed by atoms with Crippen molar-refractivity contribution < 1.29 is 14.3 Å². The van der Waals surface area contributed by atoms with Gasteiger partial charge in [0.25, 0.3) is 0 Å². The molecule has 0 N–H and O–H groups in total. The largest absolute Gasteiger partial charge is 0.465 e. The minimum absolute atomic E-state index is 0.296. The quantitative estimate of drug-likeness (QED) is 0.415. The monoisotopic (exact) mass is 218 g/mol. The lowest BCUT2D eigenvalue weighted by Gasteiger charge is -2.30. The molecule has 0 aromatic carbocycles. The van der Waals surface area contributed by atoms with Crippen LogP contribution in [-0.2, 0) is 14.3 Å². The second kappa shape index (κ2) is 4.78. The van der Waals surface area contributed by atoms with E-state index in [1.165, 1.54) is 0 Å². The molecule has 80 valence electrons. The summed E-state index contributed by atoms with van der Waals surface area (Å²) >= 11 is 5.50. The van der Waals surface area contributed by atoms with E-state index in [-0.39, 0.29) is 0 Å². The van der Waals surface area contributed by atoms with Gasteiger partial charge in [-0.15, -0.1) is 0 Å². The van der Waals surface area contributed by atoms with Crippen molar-refractivity contribution in [2.75, 3.05) is 6.61 Å². The minimum Gasteiger partial charge on any atom is -0.465 e. The molecule has 0 unspecified atom stereocenters. The minimum atomic E-state index is -1.05. The van der Waals surface area contributed by atoms with Gasteiger partial charge in [0.05, 0.1) is 6.61 Å². The fraction of sp³-hybridized carbons (Fsp3) is 0.800. The second-order valence-corrected chi connectivity index (χ2v) is 3.98. The Balaban J connectivity index is 2.80. The van der Waals surface area contributed by atoms with E-state index in [4.69, 9.17) is 16.3 Å². The number of halogens is 1. The summed E-state index contributed by atoms with van der Waals surface area (Å²) in [6, 6.07) is 0. The molecule has 0 amide bonds. The maximum atomic E-state index is 11.6. The molecule has 1 aliphatic carbocycles. The molecule has 0 aromatic heterocycles. The smallest absolute Gasteiger partial charge is 0.320 e. The van der Waals surface area contributed by atoms with Gasteiger partial charge in [0.1, 0.15) is 5.41 Å². The summed E-state index contributed by atoms with van der Waals surface area (Å²) in [6.45, 7) is 2.03. The summed E-state index contributed by atoms with van der Waals surface area (Å²) in [4.78, 5) is 22.9. The highest BCUT2D eigenvalue weighted by molar-refractivity contribution is 6.66. The van der Waals surface area contributed by atoms with Gasteiger partial charge in [-0.25, -0.2) is 0 Å². The van der Waals surface area contributed by atoms with Crippen LogP contribution in [-0.4, -0.2) is 17.8 Å². The van der Waals surface area contributed by atoms with Gasteiger partial charge in [-0.3, -0.25) is 9.59 Å². The van der Waals surface area contributed by atoms with Crippen molar-refractivity contribution in [3.63, 3.8) is 0 Å². The zero-order valence-electron chi connectivity index (χ0n) is 8.35. The Morgan fingerprint density at radius 1 is 1.29 bits per heavy atom. The number of hydrogen-bond donors (Lipinski definition) is 0. The third-order valence-corrected chi connectivity index (χ3v) is 3.11. The molecular formula is C10H15ClO3. The molecule has 0 aliphatic heterocycles. The lowest BCUT2D eigenvalue weighted by molar-refractivity contribution is -0.160. The van der Waals surface area contributed by atoms with Crippen molar-refractivity contribution in [2.24, 2.45) is 5.41 Å². The van der Waals surface area contributed by atoms with Crippen LogP contribution in [0.25, 0.3) is 0 Å². The van der Waals surface area contributed by atoms with Crippen molar-refractivity contribution in [1.29, 1.82) is 0 Å². The highest BCUT2D eigenvalue weighted by atomic mass is 35.5. The molecule has 0 radical (unpaired) electrons. The van der Waals surface area contributed by atoms with Crippen LogP contribution in [0.4, 0.5) is 0 Å². The molecule has 0 saturated heterocycles. The van der Waals surface area contributed by atoms with Gasteiger partial charge < -0.3 is 4.74 Å². The van der Waals surface area contributed by atoms with Crippen LogP contribution >= 0.6 is 11.6 Å². The maximum absolute atomic E-state index is 11.6. The van der Waals surface area contributed by atoms with E-state index >= 15 is 0 Å². The Labute approximate surface area is 88.8 Å². The van der Waals surface area contributed by atoms with E-state index in [2.05, 4.69) is 0 Å². The number of ether oxygens (including phenoxy) is 1. The predicted octanol–water partition coefficient (Wildman–Crippen LogP) is 2.27. The Morgan fingerprint density at radius 3 is 2.29 bits per heavy atom. The first kappa shape index (κ1) is 11.5. The highest BCUT2D eigenvalue weighted by Crippen LogP contribution is 2.39. The molecular weight excluding hydrogens is 204 g/mol. The standard InChI is InChI=1S/C10H15ClO3/c1-2-14-9(13)10(8(11)12)6-4-3-5-7-10/h2-7H2,1H3. The predicted molar refractivity (Wildman–Crippen MR) is 53.0 cm³/mol. The van der Waals surface area contributed by atoms with E-state index < -0.39 is 16.6 Å². The first-order valence-electron chi connectivity index (χ1n) is 5.00. The summed E-state index contributed by atoms with van der Waals surface area (Å²) in [7, 11) is 0. The maximum Gasteiger partial charge on any atom is 0.320 e. The van der Waals surface area contributed by atoms with E-state index in [1.807, 2.05) is 0 Å². The summed E-state index contributed by atoms with van der Waals surface area (Å²) in [6.07, 6.45) is 3.88. The molecule has 1 fully saturated rings. The van der Waals surface area contributed by atoms with Gasteiger partial charge in [-0.05, 0) is 31.4 Å².